The van der Waals surface area contributed by atoms with Crippen LogP contribution in [0.4, 0.5) is 11.4 Å². The number of ether oxygens (including phenoxy) is 8. The Labute approximate surface area is 876 Å². The fraction of sp³-hybridized carbons (Fsp3) is 0.576. The van der Waals surface area contributed by atoms with Crippen molar-refractivity contribution in [1.29, 1.82) is 0 Å². The van der Waals surface area contributed by atoms with Crippen molar-refractivity contribution in [2.75, 3.05) is 39.6 Å². The van der Waals surface area contributed by atoms with Gasteiger partial charge in [-0.1, -0.05) is 263 Å². The highest BCUT2D eigenvalue weighted by atomic mass is 16.6. The Bertz CT molecular complexity index is 5560. The molecule has 0 saturated heterocycles. The van der Waals surface area contributed by atoms with Crippen LogP contribution in [-0.4, -0.2) is 86.4 Å². The van der Waals surface area contributed by atoms with Crippen LogP contribution < -0.4 is 28.4 Å². The average molecular weight is 1980 g/mol. The Morgan fingerprint density at radius 2 is 0.678 bits per heavy atom. The molecule has 146 heavy (non-hydrogen) atoms. The molecule has 0 radical (unpaired) electrons. The largest absolute Gasteiger partial charge is 0.507 e. The van der Waals surface area contributed by atoms with E-state index in [-0.39, 0.29) is 108 Å². The maximum atomic E-state index is 13.4. The van der Waals surface area contributed by atoms with Crippen molar-refractivity contribution < 1.29 is 57.7 Å². The first-order chi connectivity index (χ1) is 69.3. The van der Waals surface area contributed by atoms with Crippen LogP contribution in [0.3, 0.4) is 0 Å². The molecule has 6 saturated carbocycles. The predicted molar refractivity (Wildman–Crippen MR) is 594 cm³/mol. The lowest BCUT2D eigenvalue weighted by Crippen LogP contribution is -2.51. The molecule has 16 atom stereocenters. The number of fused-ring (bicyclic) bond motifs is 18. The van der Waals surface area contributed by atoms with Gasteiger partial charge in [0.15, 0.2) is 13.2 Å². The fourth-order valence-corrected chi connectivity index (χ4v) is 28.7. The third-order valence-corrected chi connectivity index (χ3v) is 37.2. The van der Waals surface area contributed by atoms with E-state index >= 15 is 0 Å². The number of nitrogens with zero attached hydrogens (tertiary/aromatic N) is 2. The number of carbonyl (C=O) groups is 2. The average Bonchev–Trinajstić information content (AvgIpc) is 1.40. The number of hydrogen-bond acceptors (Lipinski definition) is 14. The monoisotopic (exact) mass is 1980 g/mol. The summed E-state index contributed by atoms with van der Waals surface area (Å²) in [7, 11) is 0. The van der Waals surface area contributed by atoms with Crippen LogP contribution in [0.1, 0.15) is 371 Å². The highest BCUT2D eigenvalue weighted by molar-refractivity contribution is 5.83. The van der Waals surface area contributed by atoms with Gasteiger partial charge >= 0.3 is 11.9 Å². The van der Waals surface area contributed by atoms with E-state index in [2.05, 4.69) is 213 Å². The van der Waals surface area contributed by atoms with Crippen molar-refractivity contribution in [2.24, 2.45) is 103 Å². The van der Waals surface area contributed by atoms with Crippen molar-refractivity contribution in [3.8, 4) is 46.0 Å². The van der Waals surface area contributed by atoms with Crippen molar-refractivity contribution >= 4 is 35.7 Å². The van der Waals surface area contributed by atoms with E-state index in [0.717, 1.165) is 199 Å². The summed E-state index contributed by atoms with van der Waals surface area (Å²) in [4.78, 5) is 36.5. The zero-order valence-corrected chi connectivity index (χ0v) is 92.7. The molecule has 9 aliphatic carbocycles. The number of phenols is 2. The van der Waals surface area contributed by atoms with Gasteiger partial charge in [-0.2, -0.15) is 0 Å². The number of aromatic hydroxyl groups is 2. The number of esters is 2. The van der Waals surface area contributed by atoms with E-state index in [1.165, 1.54) is 114 Å². The van der Waals surface area contributed by atoms with E-state index in [1.54, 1.807) is 0 Å². The molecule has 8 bridgehead atoms. The van der Waals surface area contributed by atoms with Gasteiger partial charge in [0.25, 0.3) is 0 Å². The number of phenolic OH excluding ortho intramolecular Hbond substituents is 2. The molecule has 0 unspecified atom stereocenters. The van der Waals surface area contributed by atoms with Gasteiger partial charge in [0.1, 0.15) is 84.6 Å². The quantitative estimate of drug-likeness (QED) is 0.0177. The number of allylic oxidation sites excluding steroid dienone is 2. The number of rotatable bonds is 32. The van der Waals surface area contributed by atoms with Gasteiger partial charge in [-0.15, -0.1) is 0 Å². The molecule has 0 heterocycles. The van der Waals surface area contributed by atoms with Gasteiger partial charge in [-0.3, -0.25) is 9.98 Å². The topological polar surface area (TPSA) is 173 Å². The van der Waals surface area contributed by atoms with Crippen LogP contribution in [0, 0.1) is 92.7 Å². The zero-order valence-electron chi connectivity index (χ0n) is 92.7. The van der Waals surface area contributed by atoms with Crippen LogP contribution in [-0.2, 0) is 66.4 Å². The molecule has 0 aromatic heterocycles. The molecule has 8 aromatic carbocycles. The second-order valence-electron chi connectivity index (χ2n) is 52.1. The Hall–Kier alpha value is -10.1. The maximum Gasteiger partial charge on any atom is 0.344 e. The molecule has 0 aliphatic heterocycles. The summed E-state index contributed by atoms with van der Waals surface area (Å²) in [5.74, 6) is 13.3. The molecular weight excluding hydrogens is 1810 g/mol. The summed E-state index contributed by atoms with van der Waals surface area (Å²) in [6.45, 7) is 52.4. The summed E-state index contributed by atoms with van der Waals surface area (Å²) in [5, 5.41) is 26.3. The van der Waals surface area contributed by atoms with Crippen LogP contribution in [0.15, 0.2) is 179 Å². The van der Waals surface area contributed by atoms with Gasteiger partial charge in [0.2, 0.25) is 0 Å². The van der Waals surface area contributed by atoms with Crippen molar-refractivity contribution in [3.05, 3.63) is 247 Å². The van der Waals surface area contributed by atoms with Crippen molar-refractivity contribution in [1.82, 2.24) is 0 Å². The molecule has 784 valence electrons. The first-order valence-electron chi connectivity index (χ1n) is 56.4. The lowest BCUT2D eigenvalue weighted by molar-refractivity contribution is -0.154. The van der Waals surface area contributed by atoms with Crippen molar-refractivity contribution in [3.63, 3.8) is 0 Å². The first-order valence-corrected chi connectivity index (χ1v) is 56.4. The standard InChI is InChI=1S/C132H174N2O12/c1-83(2)25-23-27-85(5)113-49-51-115-111-47-33-97-77-109(53-57-129(97,19)117(111)55-59-131(113,115)21)145-119(135)81-143-107-39-29-87(30-40-107)79-133-103-35-43-105(44-36-103)139-61-63-141-123-93-65-89-69-99(125(7,8)9)71-91(121(89)137)67-95-75-102(128(16,17)18)76-96(68-92-72-100(126(10,11)12)70-90(122(92)138)66-94(123)74-101(73-93)127(13,14)15)124(95)142-64-62-140-106-45-37-104(38-46-106)134-80-88-31-41-108(42-32-88)144-82-120(136)146-110-54-58-130(20)98(78-110)34-48-112-116-52-50-114(86(6)28-24-26-84(3)4)132(116,22)60-56-118(112)130/h29-46,69-76,79-80,83-86,109-118,137-138H,23-28,47-68,77-78,81-82H2,1-22H3/t85-,86-,109+,110+,111+,112+,113-,114-,115+,116+,117+,118+,129+,130+,131-,132-/m1/s1. The minimum absolute atomic E-state index is 0.119. The molecule has 17 rings (SSSR count). The van der Waals surface area contributed by atoms with Crippen LogP contribution in [0.2, 0.25) is 0 Å². The van der Waals surface area contributed by atoms with Gasteiger partial charge in [-0.05, 0) is 379 Å². The number of benzene rings is 8. The lowest BCUT2D eigenvalue weighted by Gasteiger charge is -2.58. The molecular formula is C132H174N2O12. The van der Waals surface area contributed by atoms with E-state index in [4.69, 9.17) is 47.9 Å². The molecule has 2 N–H and O–H groups in total. The summed E-state index contributed by atoms with van der Waals surface area (Å²) in [6.07, 6.45) is 37.1. The highest BCUT2D eigenvalue weighted by Crippen LogP contribution is 2.70. The second-order valence-corrected chi connectivity index (χ2v) is 52.1. The van der Waals surface area contributed by atoms with E-state index < -0.39 is 0 Å². The Kier molecular flexibility index (Phi) is 32.5. The van der Waals surface area contributed by atoms with Crippen molar-refractivity contribution in [2.45, 2.75) is 353 Å². The molecule has 0 spiro atoms. The first kappa shape index (κ1) is 107. The third kappa shape index (κ3) is 24.3. The number of hydrogen-bond donors (Lipinski definition) is 2. The number of carbonyl (C=O) groups excluding carboxylic acids is 2. The predicted octanol–water partition coefficient (Wildman–Crippen LogP) is 32.0. The van der Waals surface area contributed by atoms with Gasteiger partial charge in [-0.25, -0.2) is 9.59 Å². The van der Waals surface area contributed by atoms with Crippen LogP contribution >= 0.6 is 0 Å². The summed E-state index contributed by atoms with van der Waals surface area (Å²) >= 11 is 0. The van der Waals surface area contributed by atoms with E-state index in [1.807, 2.05) is 109 Å². The van der Waals surface area contributed by atoms with Crippen LogP contribution in [0.25, 0.3) is 0 Å². The van der Waals surface area contributed by atoms with Crippen LogP contribution in [0.5, 0.6) is 46.0 Å². The fourth-order valence-electron chi connectivity index (χ4n) is 28.7. The summed E-state index contributed by atoms with van der Waals surface area (Å²) in [6, 6.07) is 48.4. The highest BCUT2D eigenvalue weighted by Gasteiger charge is 2.62. The molecule has 8 aromatic rings. The number of aliphatic imine (C=N–C) groups is 2. The van der Waals surface area contributed by atoms with Gasteiger partial charge < -0.3 is 48.1 Å². The SMILES string of the molecule is CC(C)CCC[C@@H](C)[C@H]1CC[C@H]2[C@@H]3CC=C4C[C@@H](OC(=O)COc5ccc(C=Nc6ccc(OCCOc7c8cc(C(C)(C)C)cc7Cc7cc(C(C)(C)C)cc(c7O)Cc7cc(C(C)(C)C)cc(c7OCCOc7ccc(N=Cc9ccc(OCC(=O)O[C@H]%10CC[C@@]%11(C)C(=CC[C@H]%12[C@@H]%13CC[C@H]([C@H](C)CCCC(C)C)[C@@]%13(C)CC[C@@H]%12%11)C%10)cc9)cc7)Cc7cc(C(C)(C)C)cc(c7O)C8)cc6)cc5)CC[C@]4(C)[C@H]3CC[C@]12C. The molecule has 0 amide bonds. The van der Waals surface area contributed by atoms with E-state index in [9.17, 15) is 19.8 Å². The van der Waals surface area contributed by atoms with Gasteiger partial charge in [0, 0.05) is 51.0 Å². The zero-order chi connectivity index (χ0) is 104. The minimum atomic E-state index is -0.320. The Morgan fingerprint density at radius 3 is 1.00 bits per heavy atom. The molecule has 6 fully saturated rings. The molecule has 14 nitrogen and oxygen atoms in total. The summed E-state index contributed by atoms with van der Waals surface area (Å²) in [5.41, 5.74) is 17.7. The summed E-state index contributed by atoms with van der Waals surface area (Å²) < 4.78 is 51.6. The minimum Gasteiger partial charge on any atom is -0.507 e. The third-order valence-electron chi connectivity index (χ3n) is 37.2. The Balaban J connectivity index is 0.514. The smallest absolute Gasteiger partial charge is 0.344 e. The normalized spacial score (nSPS) is 26.0. The lowest BCUT2D eigenvalue weighted by atomic mass is 9.47. The van der Waals surface area contributed by atoms with E-state index in [0.29, 0.717) is 71.0 Å². The Morgan fingerprint density at radius 1 is 0.370 bits per heavy atom. The second kappa shape index (κ2) is 44.2. The molecule has 9 aliphatic rings. The molecule has 14 heteroatoms. The maximum absolute atomic E-state index is 13.4. The van der Waals surface area contributed by atoms with Gasteiger partial charge in [0.05, 0.1) is 11.4 Å².